The van der Waals surface area contributed by atoms with Gasteiger partial charge in [-0.25, -0.2) is 0 Å². The lowest BCUT2D eigenvalue weighted by Crippen LogP contribution is -2.46. The normalized spacial score (nSPS) is 15.6. The van der Waals surface area contributed by atoms with E-state index in [0.29, 0.717) is 12.3 Å². The Balaban J connectivity index is 1.57. The van der Waals surface area contributed by atoms with Crippen LogP contribution in [0.5, 0.6) is 5.75 Å². The average Bonchev–Trinajstić information content (AvgIpc) is 3.53. The van der Waals surface area contributed by atoms with Gasteiger partial charge in [0, 0.05) is 24.7 Å². The number of hydrogen-bond donors (Lipinski definition) is 0. The van der Waals surface area contributed by atoms with Crippen molar-refractivity contribution in [2.75, 3.05) is 18.1 Å². The van der Waals surface area contributed by atoms with Crippen molar-refractivity contribution in [3.05, 3.63) is 64.2 Å². The number of anilines is 1. The van der Waals surface area contributed by atoms with Crippen LogP contribution < -0.4 is 9.64 Å². The summed E-state index contributed by atoms with van der Waals surface area (Å²) >= 11 is 0. The van der Waals surface area contributed by atoms with Crippen LogP contribution >= 0.6 is 0 Å². The molecule has 1 fully saturated rings. The first-order valence-corrected chi connectivity index (χ1v) is 9.08. The van der Waals surface area contributed by atoms with Crippen molar-refractivity contribution in [3.8, 4) is 5.75 Å². The van der Waals surface area contributed by atoms with E-state index in [1.165, 1.54) is 23.1 Å². The fourth-order valence-corrected chi connectivity index (χ4v) is 3.29. The Hall–Kier alpha value is -3.42. The third-order valence-corrected chi connectivity index (χ3v) is 4.89. The molecule has 2 aromatic rings. The summed E-state index contributed by atoms with van der Waals surface area (Å²) in [5.74, 6) is -0.213. The molecule has 4 rings (SSSR count). The first-order valence-electron chi connectivity index (χ1n) is 9.08. The molecule has 28 heavy (non-hydrogen) atoms. The Morgan fingerprint density at radius 1 is 1.21 bits per heavy atom. The Labute approximate surface area is 161 Å². The molecular weight excluding hydrogens is 362 g/mol. The molecule has 2 aromatic carbocycles. The van der Waals surface area contributed by atoms with E-state index in [9.17, 15) is 19.7 Å². The van der Waals surface area contributed by atoms with Gasteiger partial charge in [-0.15, -0.1) is 0 Å². The van der Waals surface area contributed by atoms with Crippen LogP contribution in [0.4, 0.5) is 11.4 Å². The van der Waals surface area contributed by atoms with Crippen LogP contribution in [0.15, 0.2) is 48.5 Å². The van der Waals surface area contributed by atoms with E-state index in [1.807, 2.05) is 30.3 Å². The third kappa shape index (κ3) is 3.66. The van der Waals surface area contributed by atoms with Crippen LogP contribution in [0, 0.1) is 10.1 Å². The van der Waals surface area contributed by atoms with Gasteiger partial charge in [-0.05, 0) is 24.5 Å². The maximum absolute atomic E-state index is 13.0. The predicted octanol–water partition coefficient (Wildman–Crippen LogP) is 2.51. The highest BCUT2D eigenvalue weighted by molar-refractivity contribution is 6.02. The van der Waals surface area contributed by atoms with Gasteiger partial charge in [0.05, 0.1) is 10.6 Å². The molecule has 0 N–H and O–H groups in total. The minimum atomic E-state index is -0.536. The van der Waals surface area contributed by atoms with Crippen LogP contribution in [-0.2, 0) is 16.1 Å². The number of nitro benzene ring substituents is 1. The number of carbonyl (C=O) groups is 2. The zero-order valence-electron chi connectivity index (χ0n) is 15.1. The molecule has 1 heterocycles. The van der Waals surface area contributed by atoms with Crippen LogP contribution in [-0.4, -0.2) is 40.8 Å². The molecule has 2 aliphatic rings. The summed E-state index contributed by atoms with van der Waals surface area (Å²) in [6, 6.07) is 13.9. The number of fused-ring (bicyclic) bond motifs is 1. The number of nitro groups is 1. The summed E-state index contributed by atoms with van der Waals surface area (Å²) in [5.41, 5.74) is 1.12. The van der Waals surface area contributed by atoms with Crippen molar-refractivity contribution < 1.29 is 19.2 Å². The molecule has 0 radical (unpaired) electrons. The van der Waals surface area contributed by atoms with E-state index < -0.39 is 10.8 Å². The quantitative estimate of drug-likeness (QED) is 0.566. The second-order valence-electron chi connectivity index (χ2n) is 6.92. The molecule has 0 atom stereocenters. The van der Waals surface area contributed by atoms with Gasteiger partial charge in [-0.3, -0.25) is 24.6 Å². The van der Waals surface area contributed by atoms with E-state index in [-0.39, 0.29) is 36.5 Å². The molecule has 0 unspecified atom stereocenters. The maximum Gasteiger partial charge on any atom is 0.271 e. The number of benzene rings is 2. The van der Waals surface area contributed by atoms with Crippen molar-refractivity contribution in [1.29, 1.82) is 0 Å². The number of ether oxygens (including phenoxy) is 1. The lowest BCUT2D eigenvalue weighted by atomic mass is 10.2. The molecule has 0 saturated heterocycles. The fourth-order valence-electron chi connectivity index (χ4n) is 3.29. The van der Waals surface area contributed by atoms with Gasteiger partial charge < -0.3 is 9.64 Å². The standard InChI is InChI=1S/C20H19N3O5/c24-19(21(15-6-7-15)11-14-4-2-1-3-5-14)12-22-17-10-16(23(26)27)8-9-18(17)28-13-20(22)25/h1-5,8-10,15H,6-7,11-13H2. The molecule has 1 saturated carbocycles. The lowest BCUT2D eigenvalue weighted by molar-refractivity contribution is -0.384. The number of nitrogens with zero attached hydrogens (tertiary/aromatic N) is 3. The largest absolute Gasteiger partial charge is 0.482 e. The highest BCUT2D eigenvalue weighted by atomic mass is 16.6. The highest BCUT2D eigenvalue weighted by Crippen LogP contribution is 2.36. The summed E-state index contributed by atoms with van der Waals surface area (Å²) in [6.45, 7) is 0.116. The Kier molecular flexibility index (Phi) is 4.68. The number of non-ortho nitro benzene ring substituents is 1. The van der Waals surface area contributed by atoms with Crippen LogP contribution in [0.1, 0.15) is 18.4 Å². The van der Waals surface area contributed by atoms with E-state index in [2.05, 4.69) is 0 Å². The van der Waals surface area contributed by atoms with E-state index in [1.54, 1.807) is 4.90 Å². The first-order chi connectivity index (χ1) is 13.5. The molecule has 2 amide bonds. The van der Waals surface area contributed by atoms with Crippen LogP contribution in [0.25, 0.3) is 0 Å². The van der Waals surface area contributed by atoms with Crippen LogP contribution in [0.2, 0.25) is 0 Å². The second-order valence-corrected chi connectivity index (χ2v) is 6.92. The van der Waals surface area contributed by atoms with Gasteiger partial charge >= 0.3 is 0 Å². The fraction of sp³-hybridized carbons (Fsp3) is 0.300. The summed E-state index contributed by atoms with van der Waals surface area (Å²) in [4.78, 5) is 39.1. The molecule has 8 heteroatoms. The monoisotopic (exact) mass is 381 g/mol. The molecule has 1 aliphatic heterocycles. The van der Waals surface area contributed by atoms with Gasteiger partial charge in [0.1, 0.15) is 12.3 Å². The van der Waals surface area contributed by atoms with Gasteiger partial charge in [-0.1, -0.05) is 30.3 Å². The average molecular weight is 381 g/mol. The number of rotatable bonds is 6. The van der Waals surface area contributed by atoms with Crippen molar-refractivity contribution in [3.63, 3.8) is 0 Å². The van der Waals surface area contributed by atoms with Crippen LogP contribution in [0.3, 0.4) is 0 Å². The van der Waals surface area contributed by atoms with Gasteiger partial charge in [0.25, 0.3) is 11.6 Å². The minimum absolute atomic E-state index is 0.155. The molecule has 0 bridgehead atoms. The minimum Gasteiger partial charge on any atom is -0.482 e. The molecule has 144 valence electrons. The van der Waals surface area contributed by atoms with Crippen molar-refractivity contribution in [2.45, 2.75) is 25.4 Å². The smallest absolute Gasteiger partial charge is 0.271 e. The Morgan fingerprint density at radius 2 is 1.96 bits per heavy atom. The topological polar surface area (TPSA) is 93.0 Å². The summed E-state index contributed by atoms with van der Waals surface area (Å²) in [5, 5.41) is 11.1. The number of hydrogen-bond acceptors (Lipinski definition) is 5. The van der Waals surface area contributed by atoms with E-state index in [4.69, 9.17) is 4.74 Å². The summed E-state index contributed by atoms with van der Waals surface area (Å²) in [7, 11) is 0. The Morgan fingerprint density at radius 3 is 2.64 bits per heavy atom. The SMILES string of the molecule is O=C1COc2ccc([N+](=O)[O-])cc2N1CC(=O)N(Cc1ccccc1)C1CC1. The molecule has 0 spiro atoms. The highest BCUT2D eigenvalue weighted by Gasteiger charge is 2.36. The van der Waals surface area contributed by atoms with Crippen molar-refractivity contribution >= 4 is 23.2 Å². The zero-order chi connectivity index (χ0) is 19.7. The van der Waals surface area contributed by atoms with Gasteiger partial charge in [0.2, 0.25) is 5.91 Å². The zero-order valence-corrected chi connectivity index (χ0v) is 15.1. The molecular formula is C20H19N3O5. The first kappa shape index (κ1) is 18.0. The second kappa shape index (κ2) is 7.30. The van der Waals surface area contributed by atoms with Crippen molar-refractivity contribution in [1.82, 2.24) is 4.90 Å². The number of amides is 2. The third-order valence-electron chi connectivity index (χ3n) is 4.89. The van der Waals surface area contributed by atoms with Gasteiger partial charge in [-0.2, -0.15) is 0 Å². The lowest BCUT2D eigenvalue weighted by Gasteiger charge is -2.31. The van der Waals surface area contributed by atoms with E-state index >= 15 is 0 Å². The van der Waals surface area contributed by atoms with Crippen molar-refractivity contribution in [2.24, 2.45) is 0 Å². The summed E-state index contributed by atoms with van der Waals surface area (Å²) in [6.07, 6.45) is 1.88. The molecule has 0 aromatic heterocycles. The maximum atomic E-state index is 13.0. The molecule has 8 nitrogen and oxygen atoms in total. The van der Waals surface area contributed by atoms with E-state index in [0.717, 1.165) is 18.4 Å². The summed E-state index contributed by atoms with van der Waals surface area (Å²) < 4.78 is 5.36. The molecule has 1 aliphatic carbocycles. The Bertz CT molecular complexity index is 927. The van der Waals surface area contributed by atoms with Gasteiger partial charge in [0.15, 0.2) is 6.61 Å². The number of carbonyl (C=O) groups excluding carboxylic acids is 2. The predicted molar refractivity (Wildman–Crippen MR) is 101 cm³/mol.